The van der Waals surface area contributed by atoms with Gasteiger partial charge in [-0.25, -0.2) is 0 Å². The second-order valence-electron chi connectivity index (χ2n) is 4.16. The van der Waals surface area contributed by atoms with Gasteiger partial charge in [-0.15, -0.1) is 0 Å². The summed E-state index contributed by atoms with van der Waals surface area (Å²) in [6.45, 7) is 7.60. The van der Waals surface area contributed by atoms with Gasteiger partial charge in [-0.05, 0) is 40.5 Å². The van der Waals surface area contributed by atoms with E-state index in [0.717, 1.165) is 15.6 Å². The largest absolute Gasteiger partial charge is 0.0990 e. The van der Waals surface area contributed by atoms with Crippen molar-refractivity contribution in [2.24, 2.45) is 0 Å². The summed E-state index contributed by atoms with van der Waals surface area (Å²) < 4.78 is 1.06. The van der Waals surface area contributed by atoms with E-state index in [1.54, 1.807) is 6.08 Å². The molecule has 0 heterocycles. The second kappa shape index (κ2) is 6.35. The first-order chi connectivity index (χ1) is 9.24. The molecule has 0 aromatic heterocycles. The molecular formula is C18H15Br. The summed E-state index contributed by atoms with van der Waals surface area (Å²) >= 11 is 3.57. The van der Waals surface area contributed by atoms with Gasteiger partial charge in [0.2, 0.25) is 0 Å². The Morgan fingerprint density at radius 1 is 0.947 bits per heavy atom. The zero-order chi connectivity index (χ0) is 13.7. The molecular weight excluding hydrogens is 296 g/mol. The van der Waals surface area contributed by atoms with Crippen molar-refractivity contribution in [2.75, 3.05) is 0 Å². The van der Waals surface area contributed by atoms with E-state index in [9.17, 15) is 0 Å². The van der Waals surface area contributed by atoms with Gasteiger partial charge in [0.05, 0.1) is 0 Å². The van der Waals surface area contributed by atoms with Gasteiger partial charge < -0.3 is 0 Å². The van der Waals surface area contributed by atoms with Crippen molar-refractivity contribution in [2.45, 2.75) is 0 Å². The molecule has 19 heavy (non-hydrogen) atoms. The fourth-order valence-corrected chi connectivity index (χ4v) is 2.46. The van der Waals surface area contributed by atoms with Gasteiger partial charge in [-0.2, -0.15) is 0 Å². The number of allylic oxidation sites excluding steroid dienone is 4. The lowest BCUT2D eigenvalue weighted by atomic mass is 9.99. The van der Waals surface area contributed by atoms with Gasteiger partial charge in [-0.1, -0.05) is 77.6 Å². The third-order valence-corrected chi connectivity index (χ3v) is 3.31. The molecule has 2 aromatic rings. The first-order valence-corrected chi connectivity index (χ1v) is 6.85. The Balaban J connectivity index is 2.55. The zero-order valence-corrected chi connectivity index (χ0v) is 12.2. The minimum Gasteiger partial charge on any atom is -0.0990 e. The molecule has 0 atom stereocenters. The van der Waals surface area contributed by atoms with Gasteiger partial charge >= 0.3 is 0 Å². The molecule has 2 rings (SSSR count). The molecule has 0 fully saturated rings. The summed E-state index contributed by atoms with van der Waals surface area (Å²) in [5.74, 6) is 0. The lowest BCUT2D eigenvalue weighted by Crippen LogP contribution is -1.85. The summed E-state index contributed by atoms with van der Waals surface area (Å²) in [5.41, 5.74) is 4.57. The third-order valence-electron chi connectivity index (χ3n) is 2.86. The topological polar surface area (TPSA) is 0 Å². The summed E-state index contributed by atoms with van der Waals surface area (Å²) in [6.07, 6.45) is 5.59. The van der Waals surface area contributed by atoms with Crippen molar-refractivity contribution in [3.63, 3.8) is 0 Å². The van der Waals surface area contributed by atoms with Crippen LogP contribution in [0, 0.1) is 0 Å². The third kappa shape index (κ3) is 3.33. The molecule has 0 radical (unpaired) electrons. The molecule has 0 aliphatic heterocycles. The quantitative estimate of drug-likeness (QED) is 0.619. The van der Waals surface area contributed by atoms with Crippen LogP contribution in [0.2, 0.25) is 0 Å². The van der Waals surface area contributed by atoms with Crippen LogP contribution in [0.15, 0.2) is 84.4 Å². The first kappa shape index (κ1) is 13.6. The minimum atomic E-state index is 1.06. The van der Waals surface area contributed by atoms with E-state index in [1.165, 1.54) is 11.1 Å². The van der Waals surface area contributed by atoms with Crippen LogP contribution in [-0.4, -0.2) is 0 Å². The van der Waals surface area contributed by atoms with Crippen LogP contribution in [0.3, 0.4) is 0 Å². The number of hydrogen-bond acceptors (Lipinski definition) is 0. The highest BCUT2D eigenvalue weighted by Crippen LogP contribution is 2.28. The summed E-state index contributed by atoms with van der Waals surface area (Å²) in [4.78, 5) is 0. The van der Waals surface area contributed by atoms with E-state index in [-0.39, 0.29) is 0 Å². The molecule has 0 aliphatic rings. The Bertz CT molecular complexity index is 621. The monoisotopic (exact) mass is 310 g/mol. The van der Waals surface area contributed by atoms with Gasteiger partial charge in [0, 0.05) is 4.47 Å². The highest BCUT2D eigenvalue weighted by atomic mass is 79.9. The van der Waals surface area contributed by atoms with Crippen molar-refractivity contribution in [3.8, 4) is 11.1 Å². The maximum Gasteiger partial charge on any atom is 0.0187 e. The van der Waals surface area contributed by atoms with E-state index in [0.29, 0.717) is 0 Å². The van der Waals surface area contributed by atoms with Crippen molar-refractivity contribution in [1.29, 1.82) is 0 Å². The molecule has 0 aliphatic carbocycles. The van der Waals surface area contributed by atoms with E-state index >= 15 is 0 Å². The summed E-state index contributed by atoms with van der Waals surface area (Å²) in [6, 6.07) is 16.7. The van der Waals surface area contributed by atoms with Crippen LogP contribution >= 0.6 is 15.9 Å². The molecule has 94 valence electrons. The molecule has 0 spiro atoms. The Hall–Kier alpha value is -1.86. The lowest BCUT2D eigenvalue weighted by molar-refractivity contribution is 1.55. The highest BCUT2D eigenvalue weighted by molar-refractivity contribution is 9.10. The average molecular weight is 311 g/mol. The highest BCUT2D eigenvalue weighted by Gasteiger charge is 2.03. The molecule has 0 N–H and O–H groups in total. The molecule has 0 nitrogen and oxygen atoms in total. The predicted molar refractivity (Wildman–Crippen MR) is 87.9 cm³/mol. The molecule has 0 unspecified atom stereocenters. The van der Waals surface area contributed by atoms with E-state index in [1.807, 2.05) is 30.4 Å². The predicted octanol–water partition coefficient (Wildman–Crippen LogP) is 5.87. The lowest BCUT2D eigenvalue weighted by Gasteiger charge is -2.08. The number of benzene rings is 2. The minimum absolute atomic E-state index is 1.06. The Morgan fingerprint density at radius 3 is 2.32 bits per heavy atom. The van der Waals surface area contributed by atoms with Crippen LogP contribution in [0.1, 0.15) is 5.56 Å². The number of rotatable bonds is 4. The molecule has 1 heteroatoms. The van der Waals surface area contributed by atoms with E-state index < -0.39 is 0 Å². The van der Waals surface area contributed by atoms with Gasteiger partial charge in [0.25, 0.3) is 0 Å². The Morgan fingerprint density at radius 2 is 1.68 bits per heavy atom. The van der Waals surface area contributed by atoms with Crippen molar-refractivity contribution in [1.82, 2.24) is 0 Å². The first-order valence-electron chi connectivity index (χ1n) is 6.06. The fourth-order valence-electron chi connectivity index (χ4n) is 1.96. The summed E-state index contributed by atoms with van der Waals surface area (Å²) in [5, 5.41) is 0. The van der Waals surface area contributed by atoms with Crippen molar-refractivity contribution < 1.29 is 0 Å². The molecule has 0 saturated heterocycles. The van der Waals surface area contributed by atoms with Crippen molar-refractivity contribution >= 4 is 21.5 Å². The number of hydrogen-bond donors (Lipinski definition) is 0. The SMILES string of the molecule is C=C/C=C(\C=C)c1cc(Br)cc(-c2ccccc2)c1. The van der Waals surface area contributed by atoms with E-state index in [2.05, 4.69) is 59.4 Å². The molecule has 0 amide bonds. The molecule has 2 aromatic carbocycles. The van der Waals surface area contributed by atoms with Gasteiger partial charge in [0.1, 0.15) is 0 Å². The van der Waals surface area contributed by atoms with E-state index in [4.69, 9.17) is 0 Å². The smallest absolute Gasteiger partial charge is 0.0187 e. The van der Waals surface area contributed by atoms with Crippen LogP contribution in [-0.2, 0) is 0 Å². The zero-order valence-electron chi connectivity index (χ0n) is 10.6. The van der Waals surface area contributed by atoms with Crippen LogP contribution in [0.25, 0.3) is 16.7 Å². The van der Waals surface area contributed by atoms with Crippen LogP contribution < -0.4 is 0 Å². The summed E-state index contributed by atoms with van der Waals surface area (Å²) in [7, 11) is 0. The number of halogens is 1. The molecule has 0 bridgehead atoms. The van der Waals surface area contributed by atoms with Gasteiger partial charge in [0.15, 0.2) is 0 Å². The fraction of sp³-hybridized carbons (Fsp3) is 0. The Kier molecular flexibility index (Phi) is 4.53. The van der Waals surface area contributed by atoms with Crippen molar-refractivity contribution in [3.05, 3.63) is 90.0 Å². The Labute approximate surface area is 122 Å². The maximum atomic E-state index is 3.86. The second-order valence-corrected chi connectivity index (χ2v) is 5.07. The normalized spacial score (nSPS) is 11.1. The maximum absolute atomic E-state index is 3.86. The van der Waals surface area contributed by atoms with Gasteiger partial charge in [-0.3, -0.25) is 0 Å². The van der Waals surface area contributed by atoms with Crippen LogP contribution in [0.5, 0.6) is 0 Å². The molecule has 0 saturated carbocycles. The average Bonchev–Trinajstić information content (AvgIpc) is 2.45. The van der Waals surface area contributed by atoms with Crippen LogP contribution in [0.4, 0.5) is 0 Å². The standard InChI is InChI=1S/C18H15Br/c1-3-8-14(4-2)16-11-17(13-18(19)12-16)15-9-6-5-7-10-15/h3-13H,1-2H2/b14-8+.